The van der Waals surface area contributed by atoms with Gasteiger partial charge in [0.15, 0.2) is 0 Å². The normalized spacial score (nSPS) is 14.6. The Morgan fingerprint density at radius 1 is 1.38 bits per heavy atom. The molecule has 0 bridgehead atoms. The van der Waals surface area contributed by atoms with Crippen LogP contribution in [0.4, 0.5) is 0 Å². The minimum atomic E-state index is -1.13. The van der Waals surface area contributed by atoms with Gasteiger partial charge in [-0.25, -0.2) is 4.79 Å². The van der Waals surface area contributed by atoms with E-state index in [-0.39, 0.29) is 22.5 Å². The lowest BCUT2D eigenvalue weighted by Gasteiger charge is -2.05. The number of aromatic carboxylic acids is 1. The monoisotopic (exact) mass is 239 g/mol. The molecule has 1 aliphatic carbocycles. The summed E-state index contributed by atoms with van der Waals surface area (Å²) >= 11 is 5.70. The van der Waals surface area contributed by atoms with Crippen molar-refractivity contribution < 1.29 is 14.7 Å². The number of hydrogen-bond donors (Lipinski definition) is 2. The van der Waals surface area contributed by atoms with Crippen LogP contribution in [0.2, 0.25) is 5.02 Å². The van der Waals surface area contributed by atoms with E-state index in [4.69, 9.17) is 16.7 Å². The van der Waals surface area contributed by atoms with Crippen molar-refractivity contribution in [2.75, 3.05) is 0 Å². The molecule has 1 fully saturated rings. The van der Waals surface area contributed by atoms with Gasteiger partial charge < -0.3 is 10.4 Å². The number of nitrogens with one attached hydrogen (secondary N) is 1. The summed E-state index contributed by atoms with van der Waals surface area (Å²) in [6, 6.07) is 4.48. The van der Waals surface area contributed by atoms with Gasteiger partial charge in [0, 0.05) is 11.6 Å². The fourth-order valence-corrected chi connectivity index (χ4v) is 1.53. The molecule has 4 nitrogen and oxygen atoms in total. The molecule has 1 aromatic carbocycles. The second-order valence-electron chi connectivity index (χ2n) is 3.75. The predicted molar refractivity (Wildman–Crippen MR) is 58.9 cm³/mol. The molecule has 0 heterocycles. The van der Waals surface area contributed by atoms with Crippen LogP contribution in [-0.2, 0) is 0 Å². The van der Waals surface area contributed by atoms with E-state index < -0.39 is 5.97 Å². The Hall–Kier alpha value is -1.55. The highest BCUT2D eigenvalue weighted by atomic mass is 35.5. The Labute approximate surface area is 97.2 Å². The second-order valence-corrected chi connectivity index (χ2v) is 4.15. The lowest BCUT2D eigenvalue weighted by atomic mass is 10.1. The zero-order chi connectivity index (χ0) is 11.7. The zero-order valence-electron chi connectivity index (χ0n) is 8.37. The molecule has 0 aromatic heterocycles. The van der Waals surface area contributed by atoms with Gasteiger partial charge in [0.2, 0.25) is 0 Å². The smallest absolute Gasteiger partial charge is 0.337 e. The number of hydrogen-bond acceptors (Lipinski definition) is 2. The Morgan fingerprint density at radius 3 is 2.62 bits per heavy atom. The number of rotatable bonds is 3. The van der Waals surface area contributed by atoms with Gasteiger partial charge in [-0.05, 0) is 31.0 Å². The van der Waals surface area contributed by atoms with Gasteiger partial charge in [0.1, 0.15) is 0 Å². The average molecular weight is 240 g/mol. The minimum Gasteiger partial charge on any atom is -0.478 e. The van der Waals surface area contributed by atoms with Gasteiger partial charge >= 0.3 is 5.97 Å². The summed E-state index contributed by atoms with van der Waals surface area (Å²) in [5, 5.41) is 11.8. The average Bonchev–Trinajstić information content (AvgIpc) is 3.01. The summed E-state index contributed by atoms with van der Waals surface area (Å²) in [7, 11) is 0. The fraction of sp³-hybridized carbons (Fsp3) is 0.273. The number of carboxylic acid groups (broad SMARTS) is 1. The predicted octanol–water partition coefficient (Wildman–Crippen LogP) is 1.93. The number of carbonyl (C=O) groups is 2. The number of benzene rings is 1. The van der Waals surface area contributed by atoms with Gasteiger partial charge in [-0.15, -0.1) is 0 Å². The molecule has 1 aromatic rings. The van der Waals surface area contributed by atoms with E-state index in [0.717, 1.165) is 12.8 Å². The summed E-state index contributed by atoms with van der Waals surface area (Å²) in [6.07, 6.45) is 1.98. The number of amides is 1. The van der Waals surface area contributed by atoms with E-state index in [0.29, 0.717) is 5.56 Å². The van der Waals surface area contributed by atoms with E-state index in [1.807, 2.05) is 0 Å². The fourth-order valence-electron chi connectivity index (χ4n) is 1.33. The molecule has 1 amide bonds. The molecule has 0 saturated heterocycles. The third-order valence-electron chi connectivity index (χ3n) is 2.37. The zero-order valence-corrected chi connectivity index (χ0v) is 9.12. The molecule has 0 aliphatic heterocycles. The summed E-state index contributed by atoms with van der Waals surface area (Å²) in [5.41, 5.74) is 0.277. The minimum absolute atomic E-state index is 0.0508. The van der Waals surface area contributed by atoms with Crippen molar-refractivity contribution >= 4 is 23.5 Å². The van der Waals surface area contributed by atoms with Crippen LogP contribution in [0.5, 0.6) is 0 Å². The SMILES string of the molecule is O=C(NC1CC1)c1ccc(Cl)c(C(=O)O)c1. The molecule has 16 heavy (non-hydrogen) atoms. The quantitative estimate of drug-likeness (QED) is 0.847. The van der Waals surface area contributed by atoms with Crippen LogP contribution >= 0.6 is 11.6 Å². The first-order valence-corrected chi connectivity index (χ1v) is 5.29. The lowest BCUT2D eigenvalue weighted by molar-refractivity contribution is 0.0697. The van der Waals surface area contributed by atoms with Crippen molar-refractivity contribution in [1.82, 2.24) is 5.32 Å². The topological polar surface area (TPSA) is 66.4 Å². The molecule has 0 radical (unpaired) electrons. The van der Waals surface area contributed by atoms with Crippen molar-refractivity contribution in [3.63, 3.8) is 0 Å². The van der Waals surface area contributed by atoms with Gasteiger partial charge in [-0.1, -0.05) is 11.6 Å². The maximum atomic E-state index is 11.6. The molecule has 0 spiro atoms. The second kappa shape index (κ2) is 4.14. The van der Waals surface area contributed by atoms with Crippen LogP contribution in [0.15, 0.2) is 18.2 Å². The molecule has 5 heteroatoms. The number of halogens is 1. The molecule has 0 unspecified atom stereocenters. The largest absolute Gasteiger partial charge is 0.478 e. The lowest BCUT2D eigenvalue weighted by Crippen LogP contribution is -2.25. The molecular weight excluding hydrogens is 230 g/mol. The maximum absolute atomic E-state index is 11.6. The first-order chi connectivity index (χ1) is 7.58. The van der Waals surface area contributed by atoms with Crippen LogP contribution in [0.1, 0.15) is 33.6 Å². The number of carbonyl (C=O) groups excluding carboxylic acids is 1. The third-order valence-corrected chi connectivity index (χ3v) is 2.70. The molecular formula is C11H10ClNO3. The molecule has 84 valence electrons. The van der Waals surface area contributed by atoms with Crippen molar-refractivity contribution in [3.8, 4) is 0 Å². The molecule has 2 N–H and O–H groups in total. The summed E-state index contributed by atoms with van der Waals surface area (Å²) in [6.45, 7) is 0. The Morgan fingerprint density at radius 2 is 2.06 bits per heavy atom. The summed E-state index contributed by atoms with van der Waals surface area (Å²) in [5.74, 6) is -1.38. The molecule has 1 saturated carbocycles. The van der Waals surface area contributed by atoms with Crippen molar-refractivity contribution in [2.45, 2.75) is 18.9 Å². The van der Waals surface area contributed by atoms with Gasteiger partial charge in [0.05, 0.1) is 10.6 Å². The maximum Gasteiger partial charge on any atom is 0.337 e. The Bertz CT molecular complexity index is 455. The van der Waals surface area contributed by atoms with Crippen molar-refractivity contribution in [2.24, 2.45) is 0 Å². The van der Waals surface area contributed by atoms with Crippen LogP contribution in [0.25, 0.3) is 0 Å². The first kappa shape index (κ1) is 11.0. The van der Waals surface area contributed by atoms with Gasteiger partial charge in [-0.2, -0.15) is 0 Å². The highest BCUT2D eigenvalue weighted by Gasteiger charge is 2.24. The van der Waals surface area contributed by atoms with E-state index in [9.17, 15) is 9.59 Å². The van der Waals surface area contributed by atoms with Crippen molar-refractivity contribution in [1.29, 1.82) is 0 Å². The van der Waals surface area contributed by atoms with Crippen LogP contribution in [-0.4, -0.2) is 23.0 Å². The van der Waals surface area contributed by atoms with Crippen LogP contribution in [0, 0.1) is 0 Å². The summed E-state index contributed by atoms with van der Waals surface area (Å²) < 4.78 is 0. The molecule has 2 rings (SSSR count). The standard InChI is InChI=1S/C11H10ClNO3/c12-9-4-1-6(5-8(9)11(15)16)10(14)13-7-2-3-7/h1,4-5,7H,2-3H2,(H,13,14)(H,15,16). The molecule has 1 aliphatic rings. The Kier molecular flexibility index (Phi) is 2.83. The summed E-state index contributed by atoms with van der Waals surface area (Å²) in [4.78, 5) is 22.4. The van der Waals surface area contributed by atoms with Gasteiger partial charge in [-0.3, -0.25) is 4.79 Å². The van der Waals surface area contributed by atoms with E-state index in [2.05, 4.69) is 5.32 Å². The number of carboxylic acids is 1. The highest BCUT2D eigenvalue weighted by Crippen LogP contribution is 2.21. The van der Waals surface area contributed by atoms with Gasteiger partial charge in [0.25, 0.3) is 5.91 Å². The Balaban J connectivity index is 2.23. The van der Waals surface area contributed by atoms with Crippen molar-refractivity contribution in [3.05, 3.63) is 34.3 Å². The third kappa shape index (κ3) is 2.33. The molecule has 0 atom stereocenters. The first-order valence-electron chi connectivity index (χ1n) is 4.91. The van der Waals surface area contributed by atoms with Crippen LogP contribution in [0.3, 0.4) is 0 Å². The van der Waals surface area contributed by atoms with E-state index in [1.165, 1.54) is 18.2 Å². The van der Waals surface area contributed by atoms with Crippen LogP contribution < -0.4 is 5.32 Å². The highest BCUT2D eigenvalue weighted by molar-refractivity contribution is 6.33. The van der Waals surface area contributed by atoms with E-state index >= 15 is 0 Å². The van der Waals surface area contributed by atoms with E-state index in [1.54, 1.807) is 0 Å².